The highest BCUT2D eigenvalue weighted by Crippen LogP contribution is 2.53. The molecule has 31 heavy (non-hydrogen) atoms. The van der Waals surface area contributed by atoms with Crippen LogP contribution >= 0.6 is 11.6 Å². The number of ether oxygens (including phenoxy) is 1. The number of H-pyrrole nitrogens is 1. The third-order valence-corrected chi connectivity index (χ3v) is 6.75. The highest BCUT2D eigenvalue weighted by atomic mass is 35.5. The summed E-state index contributed by atoms with van der Waals surface area (Å²) in [4.78, 5) is 19.4. The number of rotatable bonds is 4. The summed E-state index contributed by atoms with van der Waals surface area (Å²) in [5.74, 6) is 1.43. The molecule has 1 aliphatic carbocycles. The van der Waals surface area contributed by atoms with Gasteiger partial charge in [-0.3, -0.25) is 4.98 Å². The number of nitrogens with one attached hydrogen (secondary N) is 2. The van der Waals surface area contributed by atoms with Crippen molar-refractivity contribution in [2.45, 2.75) is 18.9 Å². The number of halogens is 1. The molecule has 2 atom stereocenters. The number of nitrogens with zero attached hydrogens (tertiary/aromatic N) is 4. The molecule has 4 N–H and O–H groups in total. The van der Waals surface area contributed by atoms with Gasteiger partial charge in [0.05, 0.1) is 22.8 Å². The summed E-state index contributed by atoms with van der Waals surface area (Å²) in [7, 11) is 1.87. The van der Waals surface area contributed by atoms with E-state index in [1.54, 1.807) is 12.4 Å². The Bertz CT molecular complexity index is 1310. The summed E-state index contributed by atoms with van der Waals surface area (Å²) in [6.07, 6.45) is 5.49. The number of benzene rings is 1. The van der Waals surface area contributed by atoms with E-state index in [0.717, 1.165) is 53.7 Å². The van der Waals surface area contributed by atoms with Gasteiger partial charge in [-0.1, -0.05) is 11.6 Å². The van der Waals surface area contributed by atoms with Crippen molar-refractivity contribution < 1.29 is 4.74 Å². The lowest BCUT2D eigenvalue weighted by Crippen LogP contribution is -2.24. The van der Waals surface area contributed by atoms with E-state index < -0.39 is 0 Å². The molecule has 158 valence electrons. The summed E-state index contributed by atoms with van der Waals surface area (Å²) < 4.78 is 5.95. The van der Waals surface area contributed by atoms with Crippen molar-refractivity contribution in [1.29, 1.82) is 0 Å². The maximum absolute atomic E-state index is 6.43. The van der Waals surface area contributed by atoms with Crippen molar-refractivity contribution in [3.63, 3.8) is 0 Å². The van der Waals surface area contributed by atoms with Crippen LogP contribution in [0.2, 0.25) is 5.02 Å². The Hall–Kier alpha value is -3.10. The van der Waals surface area contributed by atoms with Crippen molar-refractivity contribution in [3.8, 4) is 11.8 Å². The second-order valence-corrected chi connectivity index (χ2v) is 8.88. The number of fused-ring (bicyclic) bond motifs is 3. The minimum absolute atomic E-state index is 0.210. The van der Waals surface area contributed by atoms with Gasteiger partial charge in [0.2, 0.25) is 0 Å². The largest absolute Gasteiger partial charge is 0.423 e. The van der Waals surface area contributed by atoms with E-state index in [2.05, 4.69) is 25.2 Å². The molecule has 3 aromatic heterocycles. The Labute approximate surface area is 183 Å². The predicted molar refractivity (Wildman–Crippen MR) is 122 cm³/mol. The van der Waals surface area contributed by atoms with Gasteiger partial charge in [0.1, 0.15) is 17.2 Å². The number of aromatic amines is 1. The summed E-state index contributed by atoms with van der Waals surface area (Å²) >= 11 is 6.43. The van der Waals surface area contributed by atoms with Crippen molar-refractivity contribution in [3.05, 3.63) is 41.7 Å². The molecule has 6 rings (SSSR count). The Kier molecular flexibility index (Phi) is 4.03. The van der Waals surface area contributed by atoms with E-state index >= 15 is 0 Å². The van der Waals surface area contributed by atoms with Gasteiger partial charge in [0.15, 0.2) is 0 Å². The van der Waals surface area contributed by atoms with E-state index in [4.69, 9.17) is 27.1 Å². The summed E-state index contributed by atoms with van der Waals surface area (Å²) in [5, 5.41) is 5.79. The van der Waals surface area contributed by atoms with Crippen LogP contribution in [0.15, 0.2) is 36.7 Å². The van der Waals surface area contributed by atoms with Crippen LogP contribution < -0.4 is 20.7 Å². The van der Waals surface area contributed by atoms with Crippen molar-refractivity contribution in [2.24, 2.45) is 11.1 Å². The fraction of sp³-hybridized carbons (Fsp3) is 0.318. The van der Waals surface area contributed by atoms with Crippen LogP contribution in [0.3, 0.4) is 0 Å². The van der Waals surface area contributed by atoms with Gasteiger partial charge in [-0.2, -0.15) is 9.97 Å². The molecule has 2 fully saturated rings. The van der Waals surface area contributed by atoms with Gasteiger partial charge in [-0.15, -0.1) is 0 Å². The molecule has 0 bridgehead atoms. The number of nitrogens with two attached hydrogens (primary N) is 1. The topological polar surface area (TPSA) is 105 Å². The van der Waals surface area contributed by atoms with Gasteiger partial charge < -0.3 is 25.7 Å². The Balaban J connectivity index is 1.55. The fourth-order valence-electron chi connectivity index (χ4n) is 4.73. The number of hydrogen-bond donors (Lipinski definition) is 3. The Morgan fingerprint density at radius 2 is 2.23 bits per heavy atom. The molecule has 0 amide bonds. The molecule has 1 aliphatic heterocycles. The highest BCUT2D eigenvalue weighted by Gasteiger charge is 2.55. The second-order valence-electron chi connectivity index (χ2n) is 8.44. The lowest BCUT2D eigenvalue weighted by molar-refractivity contribution is 0.442. The van der Waals surface area contributed by atoms with Crippen molar-refractivity contribution in [1.82, 2.24) is 19.9 Å². The number of hydrogen-bond acceptors (Lipinski definition) is 7. The minimum atomic E-state index is 0.210. The molecule has 4 heterocycles. The summed E-state index contributed by atoms with van der Waals surface area (Å²) in [6, 6.07) is 8.05. The molecule has 0 unspecified atom stereocenters. The zero-order valence-electron chi connectivity index (χ0n) is 17.0. The number of anilines is 2. The van der Waals surface area contributed by atoms with Crippen LogP contribution in [0.25, 0.3) is 21.9 Å². The maximum atomic E-state index is 6.43. The third kappa shape index (κ3) is 2.97. The molecule has 4 aromatic rings. The van der Waals surface area contributed by atoms with Crippen molar-refractivity contribution in [2.75, 3.05) is 30.4 Å². The van der Waals surface area contributed by atoms with Crippen LogP contribution in [0.4, 0.5) is 11.5 Å². The first-order chi connectivity index (χ1) is 15.1. The van der Waals surface area contributed by atoms with E-state index in [1.165, 1.54) is 0 Å². The average molecular weight is 436 g/mol. The molecule has 8 nitrogen and oxygen atoms in total. The molecule has 1 saturated carbocycles. The van der Waals surface area contributed by atoms with Gasteiger partial charge in [0, 0.05) is 48.2 Å². The van der Waals surface area contributed by atoms with Gasteiger partial charge in [-0.05, 0) is 37.1 Å². The van der Waals surface area contributed by atoms with E-state index in [9.17, 15) is 0 Å². The van der Waals surface area contributed by atoms with Crippen LogP contribution in [0, 0.1) is 5.41 Å². The standard InChI is InChI=1S/C22H22ClN7O/c1-25-15-8-12(23)7-14-17-19(27-18(14)15)28-21(31-13-3-2-5-26-10-13)29-20(17)30-6-4-22(11-30)9-16(22)24/h2-3,5,7-8,10,16,25H,4,6,9,11,24H2,1H3,(H,27,28,29)/t16-,22-/m0/s1. The molecule has 1 aromatic carbocycles. The molecule has 9 heteroatoms. The SMILES string of the molecule is CNc1cc(Cl)cc2c1[nH]c1nc(Oc3cccnc3)nc(N3CC[C@]4(C[C@@H]4N)C3)c12. The Morgan fingerprint density at radius 1 is 1.35 bits per heavy atom. The van der Waals surface area contributed by atoms with Gasteiger partial charge >= 0.3 is 6.01 Å². The first-order valence-corrected chi connectivity index (χ1v) is 10.7. The van der Waals surface area contributed by atoms with Crippen molar-refractivity contribution >= 4 is 45.0 Å². The van der Waals surface area contributed by atoms with E-state index in [1.807, 2.05) is 31.3 Å². The molecular formula is C22H22ClN7O. The molecule has 2 aliphatic rings. The molecule has 0 radical (unpaired) electrons. The third-order valence-electron chi connectivity index (χ3n) is 6.54. The first-order valence-electron chi connectivity index (χ1n) is 10.4. The highest BCUT2D eigenvalue weighted by molar-refractivity contribution is 6.32. The average Bonchev–Trinajstić information content (AvgIpc) is 3.08. The van der Waals surface area contributed by atoms with Gasteiger partial charge in [0.25, 0.3) is 0 Å². The van der Waals surface area contributed by atoms with Crippen LogP contribution in [-0.4, -0.2) is 46.1 Å². The van der Waals surface area contributed by atoms with E-state index in [-0.39, 0.29) is 17.5 Å². The summed E-state index contributed by atoms with van der Waals surface area (Å²) in [5.41, 5.74) is 9.01. The minimum Gasteiger partial charge on any atom is -0.423 e. The molecular weight excluding hydrogens is 414 g/mol. The zero-order valence-corrected chi connectivity index (χ0v) is 17.8. The first kappa shape index (κ1) is 18.7. The Morgan fingerprint density at radius 3 is 2.94 bits per heavy atom. The van der Waals surface area contributed by atoms with Crippen LogP contribution in [0.5, 0.6) is 11.8 Å². The maximum Gasteiger partial charge on any atom is 0.326 e. The van der Waals surface area contributed by atoms with Crippen LogP contribution in [-0.2, 0) is 0 Å². The van der Waals surface area contributed by atoms with E-state index in [0.29, 0.717) is 16.4 Å². The number of aromatic nitrogens is 4. The lowest BCUT2D eigenvalue weighted by atomic mass is 10.1. The predicted octanol–water partition coefficient (Wildman–Crippen LogP) is 3.92. The monoisotopic (exact) mass is 435 g/mol. The molecule has 1 saturated heterocycles. The smallest absolute Gasteiger partial charge is 0.326 e. The van der Waals surface area contributed by atoms with Crippen LogP contribution in [0.1, 0.15) is 12.8 Å². The summed E-state index contributed by atoms with van der Waals surface area (Å²) in [6.45, 7) is 1.79. The fourth-order valence-corrected chi connectivity index (χ4v) is 4.95. The lowest BCUT2D eigenvalue weighted by Gasteiger charge is -2.19. The quantitative estimate of drug-likeness (QED) is 0.446. The molecule has 1 spiro atoms. The van der Waals surface area contributed by atoms with Gasteiger partial charge in [-0.25, -0.2) is 0 Å². The second kappa shape index (κ2) is 6.70. The zero-order chi connectivity index (χ0) is 21.2. The normalized spacial score (nSPS) is 22.5. The number of pyridine rings is 1.